The van der Waals surface area contributed by atoms with Crippen LogP contribution in [0, 0.1) is 17.0 Å². The number of nitro benzene ring substituents is 1. The second-order valence-electron chi connectivity index (χ2n) is 4.29. The molecule has 1 rings (SSSR count). The minimum Gasteiger partial charge on any atom is -0.395 e. The van der Waals surface area contributed by atoms with Crippen LogP contribution in [-0.4, -0.2) is 54.3 Å². The van der Waals surface area contributed by atoms with E-state index in [1.807, 2.05) is 0 Å². The molecule has 0 aromatic heterocycles. The van der Waals surface area contributed by atoms with E-state index < -0.39 is 10.8 Å². The second kappa shape index (κ2) is 7.56. The van der Waals surface area contributed by atoms with Crippen LogP contribution in [0.3, 0.4) is 0 Å². The van der Waals surface area contributed by atoms with E-state index in [1.165, 1.54) is 24.1 Å². The lowest BCUT2D eigenvalue weighted by molar-refractivity contribution is -0.385. The third-order valence-electron chi connectivity index (χ3n) is 2.80. The summed E-state index contributed by atoms with van der Waals surface area (Å²) in [4.78, 5) is 24.1. The second-order valence-corrected chi connectivity index (χ2v) is 4.29. The number of rotatable bonds is 7. The van der Waals surface area contributed by atoms with Crippen molar-refractivity contribution in [2.45, 2.75) is 6.92 Å². The van der Waals surface area contributed by atoms with Gasteiger partial charge in [-0.15, -0.1) is 0 Å². The molecule has 110 valence electrons. The van der Waals surface area contributed by atoms with Crippen molar-refractivity contribution in [2.24, 2.45) is 0 Å². The minimum atomic E-state index is -0.583. The van der Waals surface area contributed by atoms with Crippen molar-refractivity contribution in [1.29, 1.82) is 0 Å². The highest BCUT2D eigenvalue weighted by molar-refractivity contribution is 5.98. The highest BCUT2D eigenvalue weighted by Gasteiger charge is 2.24. The quantitative estimate of drug-likeness (QED) is 0.594. The van der Waals surface area contributed by atoms with Crippen LogP contribution in [0.4, 0.5) is 5.69 Å². The number of methoxy groups -OCH3 is 1. The standard InChI is InChI=1S/C13H18N2O5/c1-10-3-4-12(15(18)19)11(9-10)13(17)14(5-7-16)6-8-20-2/h3-4,9,16H,5-8H2,1-2H3. The highest BCUT2D eigenvalue weighted by Crippen LogP contribution is 2.21. The molecule has 20 heavy (non-hydrogen) atoms. The molecule has 0 radical (unpaired) electrons. The monoisotopic (exact) mass is 282 g/mol. The summed E-state index contributed by atoms with van der Waals surface area (Å²) in [6.07, 6.45) is 0. The van der Waals surface area contributed by atoms with Crippen molar-refractivity contribution in [1.82, 2.24) is 4.90 Å². The molecule has 0 atom stereocenters. The molecule has 0 unspecified atom stereocenters. The molecular weight excluding hydrogens is 264 g/mol. The number of aryl methyl sites for hydroxylation is 1. The maximum absolute atomic E-state index is 12.4. The molecule has 0 saturated heterocycles. The van der Waals surface area contributed by atoms with Gasteiger partial charge in [0.2, 0.25) is 0 Å². The van der Waals surface area contributed by atoms with Crippen LogP contribution < -0.4 is 0 Å². The van der Waals surface area contributed by atoms with Crippen molar-refractivity contribution in [2.75, 3.05) is 33.4 Å². The first kappa shape index (κ1) is 16.1. The molecule has 0 fully saturated rings. The van der Waals surface area contributed by atoms with Crippen molar-refractivity contribution in [3.8, 4) is 0 Å². The van der Waals surface area contributed by atoms with E-state index in [0.717, 1.165) is 5.56 Å². The van der Waals surface area contributed by atoms with Gasteiger partial charge in [-0.25, -0.2) is 0 Å². The number of amides is 1. The van der Waals surface area contributed by atoms with Crippen molar-refractivity contribution >= 4 is 11.6 Å². The third-order valence-corrected chi connectivity index (χ3v) is 2.80. The van der Waals surface area contributed by atoms with Crippen molar-refractivity contribution in [3.63, 3.8) is 0 Å². The van der Waals surface area contributed by atoms with E-state index >= 15 is 0 Å². The minimum absolute atomic E-state index is 0.0274. The Labute approximate surface area is 116 Å². The zero-order chi connectivity index (χ0) is 15.1. The van der Waals surface area contributed by atoms with Crippen molar-refractivity contribution in [3.05, 3.63) is 39.4 Å². The topological polar surface area (TPSA) is 92.9 Å². The van der Waals surface area contributed by atoms with Crippen LogP contribution in [0.5, 0.6) is 0 Å². The van der Waals surface area contributed by atoms with Gasteiger partial charge in [0.1, 0.15) is 5.56 Å². The van der Waals surface area contributed by atoms with Gasteiger partial charge in [-0.05, 0) is 18.6 Å². The van der Waals surface area contributed by atoms with E-state index in [-0.39, 0.29) is 30.9 Å². The predicted octanol–water partition coefficient (Wildman–Crippen LogP) is 0.984. The summed E-state index contributed by atoms with van der Waals surface area (Å²) >= 11 is 0. The number of carbonyl (C=O) groups excluding carboxylic acids is 1. The Morgan fingerprint density at radius 1 is 1.45 bits per heavy atom. The Bertz CT molecular complexity index is 490. The normalized spacial score (nSPS) is 10.3. The van der Waals surface area contributed by atoms with Gasteiger partial charge >= 0.3 is 0 Å². The fourth-order valence-corrected chi connectivity index (χ4v) is 1.79. The summed E-state index contributed by atoms with van der Waals surface area (Å²) in [5.41, 5.74) is 0.551. The Morgan fingerprint density at radius 2 is 2.15 bits per heavy atom. The Hall–Kier alpha value is -1.99. The molecule has 0 heterocycles. The number of ether oxygens (including phenoxy) is 1. The summed E-state index contributed by atoms with van der Waals surface area (Å²) in [6, 6.07) is 4.38. The van der Waals surface area contributed by atoms with E-state index in [0.29, 0.717) is 6.61 Å². The molecule has 0 spiro atoms. The fourth-order valence-electron chi connectivity index (χ4n) is 1.79. The maximum atomic E-state index is 12.4. The molecule has 0 aliphatic heterocycles. The number of nitrogens with zero attached hydrogens (tertiary/aromatic N) is 2. The van der Waals surface area contributed by atoms with Gasteiger partial charge in [0.25, 0.3) is 11.6 Å². The van der Waals surface area contributed by atoms with Crippen LogP contribution in [0.15, 0.2) is 18.2 Å². The summed E-state index contributed by atoms with van der Waals surface area (Å²) in [7, 11) is 1.50. The first-order valence-electron chi connectivity index (χ1n) is 6.15. The summed E-state index contributed by atoms with van der Waals surface area (Å²) in [6.45, 7) is 2.21. The largest absolute Gasteiger partial charge is 0.395 e. The lowest BCUT2D eigenvalue weighted by Crippen LogP contribution is -2.36. The van der Waals surface area contributed by atoms with Gasteiger partial charge in [-0.3, -0.25) is 14.9 Å². The van der Waals surface area contributed by atoms with E-state index in [2.05, 4.69) is 0 Å². The molecule has 0 aliphatic rings. The Kier molecular flexibility index (Phi) is 6.08. The molecule has 0 bridgehead atoms. The van der Waals surface area contributed by atoms with E-state index in [4.69, 9.17) is 9.84 Å². The van der Waals surface area contributed by atoms with Gasteiger partial charge in [-0.2, -0.15) is 0 Å². The molecule has 1 amide bonds. The van der Waals surface area contributed by atoms with Gasteiger partial charge in [0.05, 0.1) is 18.1 Å². The number of aliphatic hydroxyl groups is 1. The van der Waals surface area contributed by atoms with Gasteiger partial charge in [-0.1, -0.05) is 6.07 Å². The third kappa shape index (κ3) is 4.01. The predicted molar refractivity (Wildman–Crippen MR) is 72.7 cm³/mol. The molecule has 7 nitrogen and oxygen atoms in total. The average Bonchev–Trinajstić information content (AvgIpc) is 2.42. The molecule has 1 aromatic carbocycles. The molecule has 1 N–H and O–H groups in total. The number of hydrogen-bond donors (Lipinski definition) is 1. The molecular formula is C13H18N2O5. The van der Waals surface area contributed by atoms with Crippen LogP contribution >= 0.6 is 0 Å². The van der Waals surface area contributed by atoms with E-state index in [1.54, 1.807) is 13.0 Å². The first-order valence-corrected chi connectivity index (χ1v) is 6.15. The fraction of sp³-hybridized carbons (Fsp3) is 0.462. The van der Waals surface area contributed by atoms with Crippen LogP contribution in [0.1, 0.15) is 15.9 Å². The number of nitro groups is 1. The lowest BCUT2D eigenvalue weighted by Gasteiger charge is -2.21. The first-order chi connectivity index (χ1) is 9.51. The molecule has 0 saturated carbocycles. The average molecular weight is 282 g/mol. The molecule has 0 aliphatic carbocycles. The summed E-state index contributed by atoms with van der Waals surface area (Å²) in [5, 5.41) is 20.0. The smallest absolute Gasteiger partial charge is 0.282 e. The summed E-state index contributed by atoms with van der Waals surface area (Å²) in [5.74, 6) is -0.480. The van der Waals surface area contributed by atoms with Crippen LogP contribution in [0.25, 0.3) is 0 Å². The SMILES string of the molecule is COCCN(CCO)C(=O)c1cc(C)ccc1[N+](=O)[O-]. The Balaban J connectivity index is 3.09. The molecule has 1 aromatic rings. The number of carbonyl (C=O) groups is 1. The maximum Gasteiger partial charge on any atom is 0.282 e. The highest BCUT2D eigenvalue weighted by atomic mass is 16.6. The zero-order valence-electron chi connectivity index (χ0n) is 11.5. The number of aliphatic hydroxyl groups excluding tert-OH is 1. The van der Waals surface area contributed by atoms with Gasteiger partial charge < -0.3 is 14.7 Å². The number of benzene rings is 1. The van der Waals surface area contributed by atoms with E-state index in [9.17, 15) is 14.9 Å². The van der Waals surface area contributed by atoms with Crippen molar-refractivity contribution < 1.29 is 19.6 Å². The summed E-state index contributed by atoms with van der Waals surface area (Å²) < 4.78 is 4.90. The van der Waals surface area contributed by atoms with Gasteiger partial charge in [0.15, 0.2) is 0 Å². The molecule has 7 heteroatoms. The van der Waals surface area contributed by atoms with Crippen LogP contribution in [0.2, 0.25) is 0 Å². The zero-order valence-corrected chi connectivity index (χ0v) is 11.5. The van der Waals surface area contributed by atoms with Gasteiger partial charge in [0, 0.05) is 26.3 Å². The Morgan fingerprint density at radius 3 is 2.70 bits per heavy atom. The lowest BCUT2D eigenvalue weighted by atomic mass is 10.1. The number of hydrogen-bond acceptors (Lipinski definition) is 5. The van der Waals surface area contributed by atoms with Crippen LogP contribution in [-0.2, 0) is 4.74 Å².